The molecule has 1 atom stereocenters. The molecule has 0 aliphatic heterocycles. The fourth-order valence-corrected chi connectivity index (χ4v) is 3.56. The third kappa shape index (κ3) is 4.05. The Morgan fingerprint density at radius 3 is 2.84 bits per heavy atom. The quantitative estimate of drug-likeness (QED) is 0.681. The molecule has 25 heavy (non-hydrogen) atoms. The maximum Gasteiger partial charge on any atom is 0.239 e. The molecule has 0 fully saturated rings. The second-order valence-corrected chi connectivity index (χ2v) is 7.40. The van der Waals surface area contributed by atoms with Gasteiger partial charge in [-0.25, -0.2) is 18.7 Å². The Labute approximate surface area is 151 Å². The van der Waals surface area contributed by atoms with E-state index in [0.29, 0.717) is 16.4 Å². The fourth-order valence-electron chi connectivity index (χ4n) is 2.00. The lowest BCUT2D eigenvalue weighted by Crippen LogP contribution is -2.22. The molecule has 0 saturated heterocycles. The van der Waals surface area contributed by atoms with Gasteiger partial charge in [-0.3, -0.25) is 4.79 Å². The topological polar surface area (TPSA) is 59.8 Å². The summed E-state index contributed by atoms with van der Waals surface area (Å²) in [5.41, 5.74) is 0.926. The van der Waals surface area contributed by atoms with E-state index >= 15 is 0 Å². The van der Waals surface area contributed by atoms with Crippen molar-refractivity contribution in [3.63, 3.8) is 0 Å². The zero-order valence-electron chi connectivity index (χ0n) is 13.4. The van der Waals surface area contributed by atoms with E-state index in [4.69, 9.17) is 0 Å². The van der Waals surface area contributed by atoms with Crippen molar-refractivity contribution < 1.29 is 13.6 Å². The van der Waals surface area contributed by atoms with Crippen LogP contribution in [0.1, 0.15) is 6.92 Å². The number of imidazole rings is 1. The molecule has 1 amide bonds. The number of benzene rings is 1. The van der Waals surface area contributed by atoms with Gasteiger partial charge >= 0.3 is 0 Å². The van der Waals surface area contributed by atoms with Crippen molar-refractivity contribution in [2.45, 2.75) is 17.3 Å². The Balaban J connectivity index is 1.67. The summed E-state index contributed by atoms with van der Waals surface area (Å²) >= 11 is 2.56. The first-order chi connectivity index (χ1) is 11.9. The van der Waals surface area contributed by atoms with Gasteiger partial charge in [-0.05, 0) is 25.1 Å². The standard InChI is InChI=1S/C16H14F2N4OS2/c1-9(25-16-19-5-6-22(16)2)14(23)21-15-20-13(8-24-15)10-3-4-11(17)12(18)7-10/h3-9H,1-2H3,(H,20,21,23)/t9-/m0/s1. The van der Waals surface area contributed by atoms with Crippen LogP contribution in [-0.4, -0.2) is 25.7 Å². The molecular weight excluding hydrogens is 366 g/mol. The van der Waals surface area contributed by atoms with Crippen LogP contribution in [0.3, 0.4) is 0 Å². The Bertz CT molecular complexity index is 909. The van der Waals surface area contributed by atoms with Crippen LogP contribution < -0.4 is 5.32 Å². The first-order valence-electron chi connectivity index (χ1n) is 7.30. The van der Waals surface area contributed by atoms with Crippen molar-refractivity contribution in [3.8, 4) is 11.3 Å². The molecule has 0 aliphatic carbocycles. The zero-order chi connectivity index (χ0) is 18.0. The minimum Gasteiger partial charge on any atom is -0.329 e. The normalized spacial score (nSPS) is 12.2. The van der Waals surface area contributed by atoms with Gasteiger partial charge in [-0.1, -0.05) is 11.8 Å². The van der Waals surface area contributed by atoms with Crippen molar-refractivity contribution in [2.75, 3.05) is 5.32 Å². The highest BCUT2D eigenvalue weighted by Crippen LogP contribution is 2.27. The van der Waals surface area contributed by atoms with E-state index in [-0.39, 0.29) is 11.2 Å². The van der Waals surface area contributed by atoms with Crippen LogP contribution in [0.2, 0.25) is 0 Å². The molecule has 0 unspecified atom stereocenters. The van der Waals surface area contributed by atoms with E-state index in [0.717, 1.165) is 17.3 Å². The molecule has 1 N–H and O–H groups in total. The molecule has 0 bridgehead atoms. The molecule has 3 rings (SSSR count). The average molecular weight is 380 g/mol. The van der Waals surface area contributed by atoms with Gasteiger partial charge in [0.05, 0.1) is 10.9 Å². The van der Waals surface area contributed by atoms with E-state index in [2.05, 4.69) is 15.3 Å². The van der Waals surface area contributed by atoms with Gasteiger partial charge in [0.25, 0.3) is 0 Å². The molecule has 9 heteroatoms. The second-order valence-electron chi connectivity index (χ2n) is 5.24. The molecule has 3 aromatic rings. The van der Waals surface area contributed by atoms with Crippen molar-refractivity contribution in [3.05, 3.63) is 47.6 Å². The molecular formula is C16H14F2N4OS2. The Morgan fingerprint density at radius 1 is 1.36 bits per heavy atom. The summed E-state index contributed by atoms with van der Waals surface area (Å²) in [4.78, 5) is 20.7. The smallest absolute Gasteiger partial charge is 0.239 e. The molecule has 130 valence electrons. The Hall–Kier alpha value is -2.26. The van der Waals surface area contributed by atoms with Crippen LogP contribution in [0, 0.1) is 11.6 Å². The summed E-state index contributed by atoms with van der Waals surface area (Å²) in [5, 5.41) is 5.19. The predicted molar refractivity (Wildman–Crippen MR) is 94.6 cm³/mol. The number of halogens is 2. The van der Waals surface area contributed by atoms with Crippen molar-refractivity contribution >= 4 is 34.1 Å². The van der Waals surface area contributed by atoms with Crippen molar-refractivity contribution in [1.29, 1.82) is 0 Å². The second kappa shape index (κ2) is 7.32. The van der Waals surface area contributed by atoms with Gasteiger partial charge in [-0.2, -0.15) is 0 Å². The molecule has 2 aromatic heterocycles. The molecule has 5 nitrogen and oxygen atoms in total. The van der Waals surface area contributed by atoms with Gasteiger partial charge in [0.1, 0.15) is 0 Å². The number of nitrogens with one attached hydrogen (secondary N) is 1. The summed E-state index contributed by atoms with van der Waals surface area (Å²) < 4.78 is 28.2. The summed E-state index contributed by atoms with van der Waals surface area (Å²) in [5.74, 6) is -2.05. The van der Waals surface area contributed by atoms with Crippen LogP contribution in [0.25, 0.3) is 11.3 Å². The Morgan fingerprint density at radius 2 is 2.16 bits per heavy atom. The van der Waals surface area contributed by atoms with E-state index in [1.54, 1.807) is 18.5 Å². The molecule has 0 aliphatic rings. The van der Waals surface area contributed by atoms with E-state index < -0.39 is 11.6 Å². The lowest BCUT2D eigenvalue weighted by atomic mass is 10.2. The van der Waals surface area contributed by atoms with Crippen molar-refractivity contribution in [2.24, 2.45) is 7.05 Å². The van der Waals surface area contributed by atoms with Crippen LogP contribution in [0.15, 0.2) is 41.1 Å². The molecule has 2 heterocycles. The van der Waals surface area contributed by atoms with Gasteiger partial charge < -0.3 is 9.88 Å². The zero-order valence-corrected chi connectivity index (χ0v) is 15.0. The maximum absolute atomic E-state index is 13.3. The maximum atomic E-state index is 13.3. The van der Waals surface area contributed by atoms with Crippen LogP contribution in [-0.2, 0) is 11.8 Å². The van der Waals surface area contributed by atoms with E-state index in [1.165, 1.54) is 29.2 Å². The number of carbonyl (C=O) groups excluding carboxylic acids is 1. The fraction of sp³-hybridized carbons (Fsp3) is 0.188. The van der Waals surface area contributed by atoms with Crippen LogP contribution in [0.5, 0.6) is 0 Å². The number of hydrogen-bond donors (Lipinski definition) is 1. The molecule has 1 aromatic carbocycles. The third-order valence-corrected chi connectivity index (χ3v) is 5.31. The van der Waals surface area contributed by atoms with Gasteiger partial charge in [-0.15, -0.1) is 11.3 Å². The SMILES string of the molecule is C[C@H](Sc1nccn1C)C(=O)Nc1nc(-c2ccc(F)c(F)c2)cs1. The number of rotatable bonds is 5. The number of thiazole rings is 1. The number of thioether (sulfide) groups is 1. The van der Waals surface area contributed by atoms with Gasteiger partial charge in [0.15, 0.2) is 21.9 Å². The summed E-state index contributed by atoms with van der Waals surface area (Å²) in [6.07, 6.45) is 3.48. The monoisotopic (exact) mass is 380 g/mol. The number of aryl methyl sites for hydroxylation is 1. The average Bonchev–Trinajstić information content (AvgIpc) is 3.20. The lowest BCUT2D eigenvalue weighted by molar-refractivity contribution is -0.115. The van der Waals surface area contributed by atoms with Crippen molar-refractivity contribution in [1.82, 2.24) is 14.5 Å². The number of nitrogens with zero attached hydrogens (tertiary/aromatic N) is 3. The molecule has 0 spiro atoms. The molecule has 0 radical (unpaired) electrons. The van der Waals surface area contributed by atoms with Crippen LogP contribution in [0.4, 0.5) is 13.9 Å². The third-order valence-electron chi connectivity index (χ3n) is 3.38. The largest absolute Gasteiger partial charge is 0.329 e. The van der Waals surface area contributed by atoms with E-state index in [9.17, 15) is 13.6 Å². The first-order valence-corrected chi connectivity index (χ1v) is 9.06. The van der Waals surface area contributed by atoms with Gasteiger partial charge in [0.2, 0.25) is 5.91 Å². The predicted octanol–water partition coefficient (Wildman–Crippen LogP) is 3.94. The number of aromatic nitrogens is 3. The summed E-state index contributed by atoms with van der Waals surface area (Å²) in [7, 11) is 1.86. The number of carbonyl (C=O) groups is 1. The minimum absolute atomic E-state index is 0.209. The highest BCUT2D eigenvalue weighted by molar-refractivity contribution is 8.00. The van der Waals surface area contributed by atoms with Crippen LogP contribution >= 0.6 is 23.1 Å². The number of amides is 1. The lowest BCUT2D eigenvalue weighted by Gasteiger charge is -2.09. The number of anilines is 1. The number of hydrogen-bond acceptors (Lipinski definition) is 5. The minimum atomic E-state index is -0.934. The van der Waals surface area contributed by atoms with Gasteiger partial charge in [0, 0.05) is 30.4 Å². The summed E-state index contributed by atoms with van der Waals surface area (Å²) in [6, 6.07) is 3.57. The first kappa shape index (κ1) is 17.6. The molecule has 0 saturated carbocycles. The summed E-state index contributed by atoms with van der Waals surface area (Å²) in [6.45, 7) is 1.78. The van der Waals surface area contributed by atoms with E-state index in [1.807, 2.05) is 17.8 Å². The highest BCUT2D eigenvalue weighted by atomic mass is 32.2. The Kier molecular flexibility index (Phi) is 5.14. The highest BCUT2D eigenvalue weighted by Gasteiger charge is 2.18.